The number of nitriles is 1. The molecule has 1 aromatic heterocycles. The summed E-state index contributed by atoms with van der Waals surface area (Å²) in [7, 11) is 1.53. The molecule has 8 heteroatoms. The summed E-state index contributed by atoms with van der Waals surface area (Å²) in [5.41, 5.74) is 4.62. The van der Waals surface area contributed by atoms with Crippen molar-refractivity contribution in [2.24, 2.45) is 0 Å². The maximum Gasteiger partial charge on any atom is 0.262 e. The molecule has 0 radical (unpaired) electrons. The molecule has 0 saturated carbocycles. The van der Waals surface area contributed by atoms with Crippen LogP contribution in [0.5, 0.6) is 11.5 Å². The van der Waals surface area contributed by atoms with E-state index in [1.807, 2.05) is 49.4 Å². The molecule has 0 spiro atoms. The molecule has 1 amide bonds. The van der Waals surface area contributed by atoms with E-state index in [0.29, 0.717) is 28.6 Å². The number of para-hydroxylation sites is 1. The number of aryl methyl sites for hydroxylation is 1. The zero-order valence-corrected chi connectivity index (χ0v) is 20.7. The minimum atomic E-state index is -0.278. The second kappa shape index (κ2) is 10.4. The molecule has 7 nitrogen and oxygen atoms in total. The van der Waals surface area contributed by atoms with E-state index >= 15 is 0 Å². The summed E-state index contributed by atoms with van der Waals surface area (Å²) in [5, 5.41) is 12.5. The number of benzene rings is 3. The number of methoxy groups -OCH3 is 1. The van der Waals surface area contributed by atoms with Crippen molar-refractivity contribution in [2.45, 2.75) is 6.92 Å². The Balaban J connectivity index is 1.55. The smallest absolute Gasteiger partial charge is 0.262 e. The minimum absolute atomic E-state index is 0.168. The molecular weight excluding hydrogens is 543 g/mol. The number of aromatic nitrogens is 2. The lowest BCUT2D eigenvalue weighted by molar-refractivity contribution is -0.118. The third-order valence-corrected chi connectivity index (χ3v) is 5.78. The SMILES string of the molecule is COc1cc(/C=C(\C#N)c2nc3ccc(C)cc3[nH]2)cc(I)c1OCC(=O)Nc1ccccc1. The second-order valence-electron chi connectivity index (χ2n) is 7.51. The minimum Gasteiger partial charge on any atom is -0.493 e. The molecule has 0 saturated heterocycles. The maximum absolute atomic E-state index is 12.3. The number of allylic oxidation sites excluding steroid dienone is 1. The summed E-state index contributed by atoms with van der Waals surface area (Å²) in [5.74, 6) is 1.14. The van der Waals surface area contributed by atoms with Crippen LogP contribution in [-0.2, 0) is 4.79 Å². The summed E-state index contributed by atoms with van der Waals surface area (Å²) in [4.78, 5) is 20.0. The van der Waals surface area contributed by atoms with Crippen molar-refractivity contribution in [2.75, 3.05) is 19.0 Å². The number of hydrogen-bond donors (Lipinski definition) is 2. The average molecular weight is 564 g/mol. The van der Waals surface area contributed by atoms with E-state index in [0.717, 1.165) is 25.7 Å². The fraction of sp³-hybridized carbons (Fsp3) is 0.115. The molecule has 3 aromatic carbocycles. The number of rotatable bonds is 7. The van der Waals surface area contributed by atoms with Gasteiger partial charge in [-0.3, -0.25) is 4.79 Å². The molecule has 0 atom stereocenters. The van der Waals surface area contributed by atoms with Crippen LogP contribution in [0.15, 0.2) is 60.7 Å². The highest BCUT2D eigenvalue weighted by molar-refractivity contribution is 14.1. The standard InChI is InChI=1S/C26H21IN4O3/c1-16-8-9-21-22(10-16)31-26(30-21)18(14-28)11-17-12-20(27)25(23(13-17)33-2)34-15-24(32)29-19-6-4-3-5-7-19/h3-13H,15H2,1-2H3,(H,29,32)(H,30,31)/b18-11+. The van der Waals surface area contributed by atoms with Gasteiger partial charge in [-0.25, -0.2) is 4.98 Å². The number of imidazole rings is 1. The Morgan fingerprint density at radius 1 is 1.21 bits per heavy atom. The first-order chi connectivity index (χ1) is 16.5. The Bertz CT molecular complexity index is 1420. The Labute approximate surface area is 210 Å². The molecule has 0 bridgehead atoms. The fourth-order valence-corrected chi connectivity index (χ4v) is 4.17. The monoisotopic (exact) mass is 564 g/mol. The van der Waals surface area contributed by atoms with Gasteiger partial charge in [0.1, 0.15) is 11.9 Å². The molecule has 4 rings (SSSR count). The molecule has 0 aliphatic rings. The Morgan fingerprint density at radius 2 is 2.00 bits per heavy atom. The zero-order valence-electron chi connectivity index (χ0n) is 18.6. The van der Waals surface area contributed by atoms with Gasteiger partial charge in [0.2, 0.25) is 0 Å². The van der Waals surface area contributed by atoms with Crippen molar-refractivity contribution in [3.8, 4) is 17.6 Å². The highest BCUT2D eigenvalue weighted by atomic mass is 127. The number of carbonyl (C=O) groups is 1. The van der Waals surface area contributed by atoms with Gasteiger partial charge in [0.05, 0.1) is 27.3 Å². The van der Waals surface area contributed by atoms with Crippen LogP contribution in [0.2, 0.25) is 0 Å². The predicted octanol–water partition coefficient (Wildman–Crippen LogP) is 5.57. The first-order valence-electron chi connectivity index (χ1n) is 10.4. The highest BCUT2D eigenvalue weighted by Crippen LogP contribution is 2.35. The largest absolute Gasteiger partial charge is 0.493 e. The number of halogens is 1. The summed E-state index contributed by atoms with van der Waals surface area (Å²) in [6, 6.07) is 20.9. The molecule has 4 aromatic rings. The zero-order chi connectivity index (χ0) is 24.1. The van der Waals surface area contributed by atoms with Gasteiger partial charge in [-0.15, -0.1) is 0 Å². The van der Waals surface area contributed by atoms with Gasteiger partial charge >= 0.3 is 0 Å². The molecule has 0 unspecified atom stereocenters. The third-order valence-electron chi connectivity index (χ3n) is 4.98. The van der Waals surface area contributed by atoms with E-state index in [4.69, 9.17) is 9.47 Å². The molecule has 170 valence electrons. The van der Waals surface area contributed by atoms with E-state index in [1.165, 1.54) is 7.11 Å². The molecular formula is C26H21IN4O3. The van der Waals surface area contributed by atoms with E-state index in [2.05, 4.69) is 43.9 Å². The van der Waals surface area contributed by atoms with Gasteiger partial charge in [0, 0.05) is 5.69 Å². The summed E-state index contributed by atoms with van der Waals surface area (Å²) < 4.78 is 12.0. The molecule has 0 aliphatic heterocycles. The number of carbonyl (C=O) groups excluding carboxylic acids is 1. The molecule has 2 N–H and O–H groups in total. The summed E-state index contributed by atoms with van der Waals surface area (Å²) in [6.07, 6.45) is 1.74. The van der Waals surface area contributed by atoms with Gasteiger partial charge in [0.25, 0.3) is 5.91 Å². The topological polar surface area (TPSA) is 100 Å². The van der Waals surface area contributed by atoms with Gasteiger partial charge < -0.3 is 19.8 Å². The lowest BCUT2D eigenvalue weighted by atomic mass is 10.1. The number of amides is 1. The summed E-state index contributed by atoms with van der Waals surface area (Å²) in [6.45, 7) is 1.84. The van der Waals surface area contributed by atoms with Crippen LogP contribution in [0.25, 0.3) is 22.7 Å². The van der Waals surface area contributed by atoms with Gasteiger partial charge in [0.15, 0.2) is 18.1 Å². The average Bonchev–Trinajstić information content (AvgIpc) is 3.25. The van der Waals surface area contributed by atoms with Crippen LogP contribution in [0.1, 0.15) is 17.0 Å². The number of nitrogens with one attached hydrogen (secondary N) is 2. The second-order valence-corrected chi connectivity index (χ2v) is 8.68. The Morgan fingerprint density at radius 3 is 2.74 bits per heavy atom. The Kier molecular flexibility index (Phi) is 7.13. The quantitative estimate of drug-likeness (QED) is 0.226. The number of ether oxygens (including phenoxy) is 2. The third kappa shape index (κ3) is 5.38. The van der Waals surface area contributed by atoms with E-state index < -0.39 is 0 Å². The number of nitrogens with zero attached hydrogens (tertiary/aromatic N) is 2. The van der Waals surface area contributed by atoms with Crippen LogP contribution in [0.4, 0.5) is 5.69 Å². The number of hydrogen-bond acceptors (Lipinski definition) is 5. The van der Waals surface area contributed by atoms with Crippen LogP contribution in [0.3, 0.4) is 0 Å². The first kappa shape index (κ1) is 23.3. The summed E-state index contributed by atoms with van der Waals surface area (Å²) >= 11 is 2.12. The number of H-pyrrole nitrogens is 1. The molecule has 1 heterocycles. The van der Waals surface area contributed by atoms with E-state index in [-0.39, 0.29) is 12.5 Å². The van der Waals surface area contributed by atoms with Crippen LogP contribution in [-0.4, -0.2) is 29.6 Å². The lowest BCUT2D eigenvalue weighted by Crippen LogP contribution is -2.20. The fourth-order valence-electron chi connectivity index (χ4n) is 3.39. The van der Waals surface area contributed by atoms with Gasteiger partial charge in [-0.2, -0.15) is 5.26 Å². The first-order valence-corrected chi connectivity index (χ1v) is 11.5. The maximum atomic E-state index is 12.3. The molecule has 0 fully saturated rings. The van der Waals surface area contributed by atoms with E-state index in [1.54, 1.807) is 24.3 Å². The number of fused-ring (bicyclic) bond motifs is 1. The van der Waals surface area contributed by atoms with Crippen molar-refractivity contribution in [1.29, 1.82) is 5.26 Å². The predicted molar refractivity (Wildman–Crippen MR) is 141 cm³/mol. The van der Waals surface area contributed by atoms with Crippen molar-refractivity contribution < 1.29 is 14.3 Å². The van der Waals surface area contributed by atoms with Crippen molar-refractivity contribution in [1.82, 2.24) is 9.97 Å². The lowest BCUT2D eigenvalue weighted by Gasteiger charge is -2.14. The number of anilines is 1. The molecule has 0 aliphatic carbocycles. The van der Waals surface area contributed by atoms with Crippen molar-refractivity contribution in [3.63, 3.8) is 0 Å². The molecule has 34 heavy (non-hydrogen) atoms. The van der Waals surface area contributed by atoms with Crippen molar-refractivity contribution >= 4 is 56.9 Å². The normalized spacial score (nSPS) is 11.2. The van der Waals surface area contributed by atoms with Crippen LogP contribution < -0.4 is 14.8 Å². The van der Waals surface area contributed by atoms with Crippen LogP contribution in [0, 0.1) is 21.8 Å². The van der Waals surface area contributed by atoms with E-state index in [9.17, 15) is 10.1 Å². The van der Waals surface area contributed by atoms with Gasteiger partial charge in [-0.05, 0) is 83.1 Å². The van der Waals surface area contributed by atoms with Crippen LogP contribution >= 0.6 is 22.6 Å². The van der Waals surface area contributed by atoms with Gasteiger partial charge in [-0.1, -0.05) is 24.3 Å². The number of aromatic amines is 1. The Hall–Kier alpha value is -3.84. The highest BCUT2D eigenvalue weighted by Gasteiger charge is 2.15. The van der Waals surface area contributed by atoms with Crippen molar-refractivity contribution in [3.05, 3.63) is 81.2 Å².